The van der Waals surface area contributed by atoms with Gasteiger partial charge in [0.05, 0.1) is 16.3 Å². The Morgan fingerprint density at radius 2 is 1.57 bits per heavy atom. The minimum Gasteiger partial charge on any atom is -0.267 e. The molecule has 3 aromatic carbocycles. The Balaban J connectivity index is 1.88. The van der Waals surface area contributed by atoms with Crippen LogP contribution < -0.4 is 5.43 Å². The number of nitrogens with zero attached hydrogens (tertiary/aromatic N) is 1. The summed E-state index contributed by atoms with van der Waals surface area (Å²) in [5, 5.41) is 6.86. The van der Waals surface area contributed by atoms with E-state index in [1.54, 1.807) is 24.3 Å². The third-order valence-corrected chi connectivity index (χ3v) is 3.95. The molecule has 0 radical (unpaired) electrons. The van der Waals surface area contributed by atoms with Crippen molar-refractivity contribution in [2.24, 2.45) is 5.10 Å². The number of hydrazone groups is 1. The van der Waals surface area contributed by atoms with Crippen molar-refractivity contribution in [3.63, 3.8) is 0 Å². The van der Waals surface area contributed by atoms with Gasteiger partial charge in [0.2, 0.25) is 0 Å². The molecule has 0 saturated heterocycles. The van der Waals surface area contributed by atoms with Crippen molar-refractivity contribution < 1.29 is 4.79 Å². The van der Waals surface area contributed by atoms with Gasteiger partial charge in [0.25, 0.3) is 5.91 Å². The van der Waals surface area contributed by atoms with Crippen molar-refractivity contribution in [2.75, 3.05) is 0 Å². The number of benzene rings is 3. The second-order valence-electron chi connectivity index (χ2n) is 5.14. The van der Waals surface area contributed by atoms with E-state index in [1.165, 1.54) is 0 Å². The van der Waals surface area contributed by atoms with Crippen molar-refractivity contribution in [1.82, 2.24) is 5.43 Å². The van der Waals surface area contributed by atoms with Gasteiger partial charge in [0.1, 0.15) is 0 Å². The summed E-state index contributed by atoms with van der Waals surface area (Å²) >= 11 is 6.02. The lowest BCUT2D eigenvalue weighted by molar-refractivity contribution is 0.0955. The van der Waals surface area contributed by atoms with Crippen LogP contribution in [0.5, 0.6) is 0 Å². The number of hydrogen-bond donors (Lipinski definition) is 1. The van der Waals surface area contributed by atoms with Gasteiger partial charge in [-0.15, -0.1) is 0 Å². The molecule has 0 bridgehead atoms. The monoisotopic (exact) mass is 322 g/mol. The smallest absolute Gasteiger partial charge is 0.267 e. The first-order valence-corrected chi connectivity index (χ1v) is 7.62. The molecular formula is C19H15ClN2O. The van der Waals surface area contributed by atoms with E-state index in [1.807, 2.05) is 37.3 Å². The van der Waals surface area contributed by atoms with Gasteiger partial charge < -0.3 is 0 Å². The third-order valence-electron chi connectivity index (χ3n) is 3.62. The molecule has 3 nitrogen and oxygen atoms in total. The number of carbonyl (C=O) groups excluding carboxylic acids is 1. The zero-order valence-electron chi connectivity index (χ0n) is 12.6. The number of hydrogen-bond acceptors (Lipinski definition) is 2. The molecular weight excluding hydrogens is 308 g/mol. The van der Waals surface area contributed by atoms with Gasteiger partial charge in [-0.05, 0) is 29.8 Å². The average Bonchev–Trinajstić information content (AvgIpc) is 2.59. The molecule has 0 spiro atoms. The third kappa shape index (κ3) is 3.25. The molecule has 3 rings (SSSR count). The van der Waals surface area contributed by atoms with E-state index in [9.17, 15) is 4.79 Å². The molecule has 0 saturated carbocycles. The van der Waals surface area contributed by atoms with Crippen LogP contribution >= 0.6 is 11.6 Å². The van der Waals surface area contributed by atoms with Crippen LogP contribution in [0.4, 0.5) is 0 Å². The van der Waals surface area contributed by atoms with Gasteiger partial charge in [-0.3, -0.25) is 4.79 Å². The first-order valence-electron chi connectivity index (χ1n) is 7.24. The topological polar surface area (TPSA) is 41.5 Å². The first-order chi connectivity index (χ1) is 11.2. The number of halogens is 1. The van der Waals surface area contributed by atoms with Crippen molar-refractivity contribution in [3.8, 4) is 0 Å². The van der Waals surface area contributed by atoms with E-state index < -0.39 is 0 Å². The van der Waals surface area contributed by atoms with Crippen LogP contribution in [0.1, 0.15) is 22.8 Å². The second-order valence-corrected chi connectivity index (χ2v) is 5.55. The van der Waals surface area contributed by atoms with Crippen molar-refractivity contribution in [1.29, 1.82) is 0 Å². The maximum atomic E-state index is 12.2. The second kappa shape index (κ2) is 6.63. The Bertz CT molecular complexity index is 897. The van der Waals surface area contributed by atoms with E-state index in [4.69, 9.17) is 11.6 Å². The van der Waals surface area contributed by atoms with Crippen LogP contribution in [0.25, 0.3) is 10.8 Å². The molecule has 0 aliphatic rings. The molecule has 114 valence electrons. The average molecular weight is 323 g/mol. The standard InChI is InChI=1S/C19H15ClN2O/c1-13(15-11-6-8-14-7-2-3-9-16(14)15)21-22-19(23)17-10-4-5-12-18(17)20/h2-12H,1H3,(H,22,23)/b21-13-. The number of carbonyl (C=O) groups is 1. The summed E-state index contributed by atoms with van der Waals surface area (Å²) in [5.41, 5.74) is 4.70. The fourth-order valence-electron chi connectivity index (χ4n) is 2.44. The maximum Gasteiger partial charge on any atom is 0.272 e. The predicted octanol–water partition coefficient (Wildman–Crippen LogP) is 4.65. The summed E-state index contributed by atoms with van der Waals surface area (Å²) in [6.45, 7) is 1.87. The summed E-state index contributed by atoms with van der Waals surface area (Å²) < 4.78 is 0. The molecule has 3 aromatic rings. The summed E-state index contributed by atoms with van der Waals surface area (Å²) in [6, 6.07) is 21.0. The molecule has 0 unspecified atom stereocenters. The molecule has 0 aromatic heterocycles. The molecule has 0 atom stereocenters. The van der Waals surface area contributed by atoms with Crippen molar-refractivity contribution in [3.05, 3.63) is 82.9 Å². The Kier molecular flexibility index (Phi) is 4.40. The van der Waals surface area contributed by atoms with Crippen LogP contribution in [0.3, 0.4) is 0 Å². The lowest BCUT2D eigenvalue weighted by atomic mass is 10.0. The largest absolute Gasteiger partial charge is 0.272 e. The van der Waals surface area contributed by atoms with Gasteiger partial charge in [-0.25, -0.2) is 5.43 Å². The lowest BCUT2D eigenvalue weighted by Gasteiger charge is -2.07. The van der Waals surface area contributed by atoms with Crippen LogP contribution in [0, 0.1) is 0 Å². The predicted molar refractivity (Wildman–Crippen MR) is 95.1 cm³/mol. The molecule has 4 heteroatoms. The number of fused-ring (bicyclic) bond motifs is 1. The zero-order valence-corrected chi connectivity index (χ0v) is 13.3. The minimum atomic E-state index is -0.324. The number of amides is 1. The molecule has 0 fully saturated rings. The van der Waals surface area contributed by atoms with Crippen LogP contribution in [0.2, 0.25) is 5.02 Å². The molecule has 0 aliphatic carbocycles. The highest BCUT2D eigenvalue weighted by Gasteiger charge is 2.09. The molecule has 1 N–H and O–H groups in total. The highest BCUT2D eigenvalue weighted by molar-refractivity contribution is 6.33. The Morgan fingerprint density at radius 1 is 0.913 bits per heavy atom. The van der Waals surface area contributed by atoms with Crippen molar-refractivity contribution >= 4 is 34.0 Å². The zero-order chi connectivity index (χ0) is 16.2. The Morgan fingerprint density at radius 3 is 2.39 bits per heavy atom. The Labute approximate surface area is 139 Å². The fourth-order valence-corrected chi connectivity index (χ4v) is 2.66. The normalized spacial score (nSPS) is 11.5. The van der Waals surface area contributed by atoms with Crippen LogP contribution in [0.15, 0.2) is 71.8 Å². The summed E-state index contributed by atoms with van der Waals surface area (Å²) in [7, 11) is 0. The van der Waals surface area contributed by atoms with Crippen molar-refractivity contribution in [2.45, 2.75) is 6.92 Å². The minimum absolute atomic E-state index is 0.324. The highest BCUT2D eigenvalue weighted by atomic mass is 35.5. The van der Waals surface area contributed by atoms with Gasteiger partial charge in [0.15, 0.2) is 0 Å². The van der Waals surface area contributed by atoms with E-state index >= 15 is 0 Å². The lowest BCUT2D eigenvalue weighted by Crippen LogP contribution is -2.19. The Hall–Kier alpha value is -2.65. The van der Waals surface area contributed by atoms with Gasteiger partial charge >= 0.3 is 0 Å². The highest BCUT2D eigenvalue weighted by Crippen LogP contribution is 2.19. The van der Waals surface area contributed by atoms with Crippen LogP contribution in [-0.2, 0) is 0 Å². The number of rotatable bonds is 3. The van der Waals surface area contributed by atoms with Gasteiger partial charge in [-0.2, -0.15) is 5.10 Å². The molecule has 23 heavy (non-hydrogen) atoms. The van der Waals surface area contributed by atoms with E-state index in [2.05, 4.69) is 22.7 Å². The molecule has 1 amide bonds. The quantitative estimate of drug-likeness (QED) is 0.553. The summed E-state index contributed by atoms with van der Waals surface area (Å²) in [6.07, 6.45) is 0. The van der Waals surface area contributed by atoms with E-state index in [0.717, 1.165) is 22.0 Å². The maximum absolute atomic E-state index is 12.2. The van der Waals surface area contributed by atoms with Gasteiger partial charge in [0, 0.05) is 5.56 Å². The fraction of sp³-hybridized carbons (Fsp3) is 0.0526. The SMILES string of the molecule is C/C(=N/NC(=O)c1ccccc1Cl)c1cccc2ccccc12. The first kappa shape index (κ1) is 15.3. The number of nitrogens with one attached hydrogen (secondary N) is 1. The molecule has 0 heterocycles. The van der Waals surface area contributed by atoms with Gasteiger partial charge in [-0.1, -0.05) is 66.2 Å². The molecule has 0 aliphatic heterocycles. The van der Waals surface area contributed by atoms with E-state index in [-0.39, 0.29) is 5.91 Å². The summed E-state index contributed by atoms with van der Waals surface area (Å²) in [5.74, 6) is -0.324. The summed E-state index contributed by atoms with van der Waals surface area (Å²) in [4.78, 5) is 12.2. The van der Waals surface area contributed by atoms with E-state index in [0.29, 0.717) is 10.6 Å². The van der Waals surface area contributed by atoms with Crippen LogP contribution in [-0.4, -0.2) is 11.6 Å².